The average molecular weight is 231 g/mol. The Morgan fingerprint density at radius 3 is 2.53 bits per heavy atom. The smallest absolute Gasteiger partial charge is 0.121 e. The number of rotatable bonds is 5. The van der Waals surface area contributed by atoms with E-state index in [1.54, 1.807) is 13.4 Å². The van der Waals surface area contributed by atoms with Crippen molar-refractivity contribution >= 4 is 0 Å². The molecule has 0 radical (unpaired) electrons. The summed E-state index contributed by atoms with van der Waals surface area (Å²) in [6.07, 6.45) is 2.60. The number of furan rings is 1. The van der Waals surface area contributed by atoms with E-state index in [0.717, 1.165) is 17.9 Å². The van der Waals surface area contributed by atoms with Gasteiger partial charge in [-0.3, -0.25) is 0 Å². The van der Waals surface area contributed by atoms with E-state index in [4.69, 9.17) is 9.15 Å². The van der Waals surface area contributed by atoms with Gasteiger partial charge in [-0.15, -0.1) is 0 Å². The average Bonchev–Trinajstić information content (AvgIpc) is 2.90. The zero-order chi connectivity index (χ0) is 12.1. The summed E-state index contributed by atoms with van der Waals surface area (Å²) in [4.78, 5) is 0. The summed E-state index contributed by atoms with van der Waals surface area (Å²) < 4.78 is 10.6. The molecule has 0 amide bonds. The maximum absolute atomic E-state index is 5.42. The van der Waals surface area contributed by atoms with Crippen molar-refractivity contribution in [3.63, 3.8) is 0 Å². The lowest BCUT2D eigenvalue weighted by Crippen LogP contribution is -2.18. The van der Waals surface area contributed by atoms with Gasteiger partial charge in [-0.05, 0) is 43.3 Å². The lowest BCUT2D eigenvalue weighted by Gasteiger charge is -2.13. The molecule has 1 aromatic carbocycles. The molecule has 1 atom stereocenters. The van der Waals surface area contributed by atoms with Gasteiger partial charge in [0, 0.05) is 0 Å². The fourth-order valence-corrected chi connectivity index (χ4v) is 1.83. The molecule has 0 aliphatic carbocycles. The largest absolute Gasteiger partial charge is 0.497 e. The van der Waals surface area contributed by atoms with Gasteiger partial charge >= 0.3 is 0 Å². The van der Waals surface area contributed by atoms with Gasteiger partial charge in [-0.2, -0.15) is 0 Å². The summed E-state index contributed by atoms with van der Waals surface area (Å²) in [5.74, 6) is 1.84. The van der Waals surface area contributed by atoms with Crippen LogP contribution in [0.5, 0.6) is 5.75 Å². The van der Waals surface area contributed by atoms with Crippen LogP contribution in [0.25, 0.3) is 0 Å². The summed E-state index contributed by atoms with van der Waals surface area (Å²) >= 11 is 0. The van der Waals surface area contributed by atoms with E-state index in [1.807, 2.05) is 31.3 Å². The van der Waals surface area contributed by atoms with Gasteiger partial charge < -0.3 is 14.5 Å². The Morgan fingerprint density at radius 1 is 1.24 bits per heavy atom. The number of hydrogen-bond acceptors (Lipinski definition) is 3. The van der Waals surface area contributed by atoms with Crippen LogP contribution in [0.4, 0.5) is 0 Å². The van der Waals surface area contributed by atoms with E-state index >= 15 is 0 Å². The highest BCUT2D eigenvalue weighted by atomic mass is 16.5. The van der Waals surface area contributed by atoms with E-state index in [9.17, 15) is 0 Å². The minimum atomic E-state index is 0.207. The molecule has 17 heavy (non-hydrogen) atoms. The fraction of sp³-hybridized carbons (Fsp3) is 0.286. The molecule has 3 nitrogen and oxygen atoms in total. The Balaban J connectivity index is 2.07. The molecule has 2 rings (SSSR count). The topological polar surface area (TPSA) is 34.4 Å². The summed E-state index contributed by atoms with van der Waals surface area (Å²) in [6.45, 7) is 0. The SMILES string of the molecule is CN[C@@H](Cc1ccc(OC)cc1)c1ccco1. The van der Waals surface area contributed by atoms with Crippen molar-refractivity contribution in [3.8, 4) is 5.75 Å². The number of ether oxygens (including phenoxy) is 1. The molecule has 0 aliphatic rings. The lowest BCUT2D eigenvalue weighted by molar-refractivity contribution is 0.413. The van der Waals surface area contributed by atoms with Crippen molar-refractivity contribution in [1.82, 2.24) is 5.32 Å². The third-order valence-corrected chi connectivity index (χ3v) is 2.83. The van der Waals surface area contributed by atoms with Crippen LogP contribution in [-0.2, 0) is 6.42 Å². The third kappa shape index (κ3) is 2.88. The van der Waals surface area contributed by atoms with Crippen LogP contribution in [0.3, 0.4) is 0 Å². The molecule has 3 heteroatoms. The highest BCUT2D eigenvalue weighted by molar-refractivity contribution is 5.28. The minimum absolute atomic E-state index is 0.207. The molecule has 0 spiro atoms. The zero-order valence-corrected chi connectivity index (χ0v) is 10.1. The van der Waals surface area contributed by atoms with Crippen LogP contribution in [0.15, 0.2) is 47.1 Å². The minimum Gasteiger partial charge on any atom is -0.497 e. The van der Waals surface area contributed by atoms with Crippen LogP contribution in [-0.4, -0.2) is 14.2 Å². The second-order valence-electron chi connectivity index (χ2n) is 3.91. The molecule has 0 bridgehead atoms. The number of methoxy groups -OCH3 is 1. The number of benzene rings is 1. The Bertz CT molecular complexity index is 434. The molecular weight excluding hydrogens is 214 g/mol. The second-order valence-corrected chi connectivity index (χ2v) is 3.91. The first-order chi connectivity index (χ1) is 8.33. The molecular formula is C14H17NO2. The first kappa shape index (κ1) is 11.7. The van der Waals surface area contributed by atoms with E-state index in [2.05, 4.69) is 17.4 Å². The number of nitrogens with one attached hydrogen (secondary N) is 1. The van der Waals surface area contributed by atoms with Crippen LogP contribution in [0, 0.1) is 0 Å². The van der Waals surface area contributed by atoms with Gasteiger partial charge in [0.25, 0.3) is 0 Å². The van der Waals surface area contributed by atoms with E-state index in [-0.39, 0.29) is 6.04 Å². The highest BCUT2D eigenvalue weighted by Crippen LogP contribution is 2.20. The fourth-order valence-electron chi connectivity index (χ4n) is 1.83. The van der Waals surface area contributed by atoms with Crippen molar-refractivity contribution in [3.05, 3.63) is 54.0 Å². The monoisotopic (exact) mass is 231 g/mol. The second kappa shape index (κ2) is 5.55. The molecule has 0 fully saturated rings. The Morgan fingerprint density at radius 2 is 2.00 bits per heavy atom. The summed E-state index contributed by atoms with van der Waals surface area (Å²) in [5.41, 5.74) is 1.25. The Hall–Kier alpha value is -1.74. The van der Waals surface area contributed by atoms with Crippen LogP contribution in [0.2, 0.25) is 0 Å². The highest BCUT2D eigenvalue weighted by Gasteiger charge is 2.12. The van der Waals surface area contributed by atoms with E-state index < -0.39 is 0 Å². The first-order valence-corrected chi connectivity index (χ1v) is 5.67. The zero-order valence-electron chi connectivity index (χ0n) is 10.1. The normalized spacial score (nSPS) is 12.4. The lowest BCUT2D eigenvalue weighted by atomic mass is 10.0. The van der Waals surface area contributed by atoms with Gasteiger partial charge in [-0.1, -0.05) is 12.1 Å². The van der Waals surface area contributed by atoms with Gasteiger partial charge in [0.15, 0.2) is 0 Å². The molecule has 0 aliphatic heterocycles. The summed E-state index contributed by atoms with van der Waals surface area (Å²) in [6, 6.07) is 12.2. The quantitative estimate of drug-likeness (QED) is 0.859. The molecule has 90 valence electrons. The van der Waals surface area contributed by atoms with Crippen LogP contribution < -0.4 is 10.1 Å². The van der Waals surface area contributed by atoms with Gasteiger partial charge in [-0.25, -0.2) is 0 Å². The van der Waals surface area contributed by atoms with Crippen molar-refractivity contribution < 1.29 is 9.15 Å². The molecule has 1 heterocycles. The van der Waals surface area contributed by atoms with Crippen molar-refractivity contribution in [1.29, 1.82) is 0 Å². The Kier molecular flexibility index (Phi) is 3.83. The van der Waals surface area contributed by atoms with Gasteiger partial charge in [0.05, 0.1) is 19.4 Å². The number of likely N-dealkylation sites (N-methyl/N-ethyl adjacent to an activating group) is 1. The van der Waals surface area contributed by atoms with E-state index in [0.29, 0.717) is 0 Å². The van der Waals surface area contributed by atoms with Gasteiger partial charge in [0.2, 0.25) is 0 Å². The summed E-state index contributed by atoms with van der Waals surface area (Å²) in [7, 11) is 3.62. The predicted molar refractivity (Wildman–Crippen MR) is 67.2 cm³/mol. The van der Waals surface area contributed by atoms with Crippen LogP contribution >= 0.6 is 0 Å². The molecule has 0 saturated carbocycles. The molecule has 0 unspecified atom stereocenters. The first-order valence-electron chi connectivity index (χ1n) is 5.67. The number of hydrogen-bond donors (Lipinski definition) is 1. The molecule has 2 aromatic rings. The van der Waals surface area contributed by atoms with Gasteiger partial charge in [0.1, 0.15) is 11.5 Å². The predicted octanol–water partition coefficient (Wildman–Crippen LogP) is 2.79. The molecule has 1 N–H and O–H groups in total. The molecule has 0 saturated heterocycles. The molecule has 1 aromatic heterocycles. The Labute approximate surface area is 101 Å². The third-order valence-electron chi connectivity index (χ3n) is 2.83. The van der Waals surface area contributed by atoms with Crippen molar-refractivity contribution in [2.45, 2.75) is 12.5 Å². The standard InChI is InChI=1S/C14H17NO2/c1-15-13(14-4-3-9-17-14)10-11-5-7-12(16-2)8-6-11/h3-9,13,15H,10H2,1-2H3/t13-/m0/s1. The van der Waals surface area contributed by atoms with Crippen LogP contribution in [0.1, 0.15) is 17.4 Å². The maximum atomic E-state index is 5.42. The maximum Gasteiger partial charge on any atom is 0.121 e. The van der Waals surface area contributed by atoms with E-state index in [1.165, 1.54) is 5.56 Å². The summed E-state index contributed by atoms with van der Waals surface area (Å²) in [5, 5.41) is 3.26. The van der Waals surface area contributed by atoms with Crippen molar-refractivity contribution in [2.75, 3.05) is 14.2 Å². The van der Waals surface area contributed by atoms with Crippen molar-refractivity contribution in [2.24, 2.45) is 0 Å².